The third-order valence-electron chi connectivity index (χ3n) is 3.42. The number of halogens is 8. The molecular formula is C13H13ClF7N. The predicted octanol–water partition coefficient (Wildman–Crippen LogP) is 5.10. The summed E-state index contributed by atoms with van der Waals surface area (Å²) in [6.45, 7) is 0.405. The van der Waals surface area contributed by atoms with Crippen molar-refractivity contribution >= 4 is 12.4 Å². The van der Waals surface area contributed by atoms with E-state index in [1.165, 1.54) is 0 Å². The monoisotopic (exact) mass is 351 g/mol. The normalized spacial score (nSPS) is 19.7. The first-order valence-corrected chi connectivity index (χ1v) is 6.32. The van der Waals surface area contributed by atoms with Gasteiger partial charge in [0.25, 0.3) is 0 Å². The van der Waals surface area contributed by atoms with Gasteiger partial charge >= 0.3 is 12.4 Å². The molecule has 0 unspecified atom stereocenters. The van der Waals surface area contributed by atoms with Crippen molar-refractivity contribution in [2.24, 2.45) is 0 Å². The lowest BCUT2D eigenvalue weighted by atomic mass is 9.91. The second-order valence-corrected chi connectivity index (χ2v) is 4.92. The molecule has 126 valence electrons. The molecule has 1 heterocycles. The van der Waals surface area contributed by atoms with Crippen LogP contribution < -0.4 is 5.32 Å². The van der Waals surface area contributed by atoms with Gasteiger partial charge in [0.05, 0.1) is 11.1 Å². The number of hydrogen-bond acceptors (Lipinski definition) is 1. The molecule has 0 bridgehead atoms. The molecule has 1 N–H and O–H groups in total. The Morgan fingerprint density at radius 1 is 0.955 bits per heavy atom. The van der Waals surface area contributed by atoms with Crippen LogP contribution in [0.2, 0.25) is 0 Å². The fraction of sp³-hybridized carbons (Fsp3) is 0.538. The summed E-state index contributed by atoms with van der Waals surface area (Å²) in [5, 5.41) is 2.73. The van der Waals surface area contributed by atoms with Gasteiger partial charge in [-0.3, -0.25) is 0 Å². The first-order valence-electron chi connectivity index (χ1n) is 6.32. The van der Waals surface area contributed by atoms with Crippen molar-refractivity contribution in [2.45, 2.75) is 37.7 Å². The standard InChI is InChI=1S/C13H12F7N.ClH/c14-9-6-7(12(15,16)17)5-8(13(18,19)20)11(9)10-3-1-2-4-21-10;/h5-6,10,21H,1-4H2;1H/t10-;/m1./s1. The minimum atomic E-state index is -5.05. The quantitative estimate of drug-likeness (QED) is 0.694. The summed E-state index contributed by atoms with van der Waals surface area (Å²) in [5.41, 5.74) is -3.92. The van der Waals surface area contributed by atoms with Crippen LogP contribution in [0, 0.1) is 5.82 Å². The molecule has 1 atom stereocenters. The molecule has 1 aliphatic rings. The van der Waals surface area contributed by atoms with Crippen molar-refractivity contribution in [3.05, 3.63) is 34.6 Å². The summed E-state index contributed by atoms with van der Waals surface area (Å²) >= 11 is 0. The zero-order valence-electron chi connectivity index (χ0n) is 11.1. The maximum Gasteiger partial charge on any atom is 0.416 e. The Morgan fingerprint density at radius 3 is 2.05 bits per heavy atom. The number of nitrogens with one attached hydrogen (secondary N) is 1. The fourth-order valence-corrected chi connectivity index (χ4v) is 2.47. The summed E-state index contributed by atoms with van der Waals surface area (Å²) < 4.78 is 90.6. The molecule has 2 rings (SSSR count). The van der Waals surface area contributed by atoms with Crippen LogP contribution in [0.5, 0.6) is 0 Å². The Kier molecular flexibility index (Phi) is 5.72. The highest BCUT2D eigenvalue weighted by Gasteiger charge is 2.41. The number of rotatable bonds is 1. The van der Waals surface area contributed by atoms with E-state index in [2.05, 4.69) is 5.32 Å². The van der Waals surface area contributed by atoms with Crippen LogP contribution in [-0.4, -0.2) is 6.54 Å². The van der Waals surface area contributed by atoms with E-state index in [-0.39, 0.29) is 31.0 Å². The van der Waals surface area contributed by atoms with Crippen LogP contribution >= 0.6 is 12.4 Å². The minimum Gasteiger partial charge on any atom is -0.310 e. The summed E-state index contributed by atoms with van der Waals surface area (Å²) in [7, 11) is 0. The van der Waals surface area contributed by atoms with Crippen molar-refractivity contribution in [1.29, 1.82) is 0 Å². The largest absolute Gasteiger partial charge is 0.416 e. The number of benzene rings is 1. The highest BCUT2D eigenvalue weighted by atomic mass is 35.5. The van der Waals surface area contributed by atoms with Crippen LogP contribution in [0.15, 0.2) is 12.1 Å². The van der Waals surface area contributed by atoms with Crippen molar-refractivity contribution in [3.63, 3.8) is 0 Å². The van der Waals surface area contributed by atoms with Crippen molar-refractivity contribution in [1.82, 2.24) is 5.32 Å². The summed E-state index contributed by atoms with van der Waals surface area (Å²) in [6.07, 6.45) is -8.49. The Morgan fingerprint density at radius 2 is 1.59 bits per heavy atom. The van der Waals surface area contributed by atoms with Crippen LogP contribution in [0.4, 0.5) is 30.7 Å². The number of piperidine rings is 1. The average molecular weight is 352 g/mol. The van der Waals surface area contributed by atoms with Crippen LogP contribution in [-0.2, 0) is 12.4 Å². The maximum atomic E-state index is 13.9. The fourth-order valence-electron chi connectivity index (χ4n) is 2.47. The molecule has 0 spiro atoms. The van der Waals surface area contributed by atoms with E-state index in [0.29, 0.717) is 13.0 Å². The molecule has 1 aromatic carbocycles. The van der Waals surface area contributed by atoms with Crippen molar-refractivity contribution in [2.75, 3.05) is 6.54 Å². The lowest BCUT2D eigenvalue weighted by Crippen LogP contribution is -2.30. The molecule has 1 aromatic rings. The van der Waals surface area contributed by atoms with E-state index in [1.807, 2.05) is 0 Å². The highest BCUT2D eigenvalue weighted by molar-refractivity contribution is 5.85. The van der Waals surface area contributed by atoms with Gasteiger partial charge in [0.1, 0.15) is 5.82 Å². The van der Waals surface area contributed by atoms with E-state index in [9.17, 15) is 30.7 Å². The second kappa shape index (κ2) is 6.62. The third kappa shape index (κ3) is 4.04. The van der Waals surface area contributed by atoms with Crippen LogP contribution in [0.25, 0.3) is 0 Å². The van der Waals surface area contributed by atoms with Gasteiger partial charge in [0.15, 0.2) is 0 Å². The number of hydrogen-bond donors (Lipinski definition) is 1. The molecule has 9 heteroatoms. The third-order valence-corrected chi connectivity index (χ3v) is 3.42. The topological polar surface area (TPSA) is 12.0 Å². The molecule has 1 nitrogen and oxygen atoms in total. The van der Waals surface area contributed by atoms with Gasteiger partial charge in [-0.2, -0.15) is 26.3 Å². The molecule has 0 amide bonds. The first kappa shape index (κ1) is 19.0. The zero-order chi connectivity index (χ0) is 15.8. The van der Waals surface area contributed by atoms with Gasteiger partial charge < -0.3 is 5.32 Å². The van der Waals surface area contributed by atoms with E-state index in [0.717, 1.165) is 6.42 Å². The zero-order valence-corrected chi connectivity index (χ0v) is 11.9. The highest BCUT2D eigenvalue weighted by Crippen LogP contribution is 2.41. The van der Waals surface area contributed by atoms with Gasteiger partial charge in [-0.25, -0.2) is 4.39 Å². The maximum absolute atomic E-state index is 13.9. The van der Waals surface area contributed by atoms with Gasteiger partial charge in [-0.15, -0.1) is 12.4 Å². The molecule has 22 heavy (non-hydrogen) atoms. The molecular weight excluding hydrogens is 339 g/mol. The predicted molar refractivity (Wildman–Crippen MR) is 68.2 cm³/mol. The smallest absolute Gasteiger partial charge is 0.310 e. The number of alkyl halides is 6. The van der Waals surface area contributed by atoms with Gasteiger partial charge in [0.2, 0.25) is 0 Å². The molecule has 0 aliphatic carbocycles. The van der Waals surface area contributed by atoms with Gasteiger partial charge in [-0.1, -0.05) is 6.42 Å². The van der Waals surface area contributed by atoms with Crippen molar-refractivity contribution in [3.8, 4) is 0 Å². The van der Waals surface area contributed by atoms with E-state index < -0.39 is 40.9 Å². The molecule has 0 aromatic heterocycles. The summed E-state index contributed by atoms with van der Waals surface area (Å²) in [5.74, 6) is -1.48. The first-order chi connectivity index (χ1) is 9.60. The molecule has 0 radical (unpaired) electrons. The average Bonchev–Trinajstić information content (AvgIpc) is 2.36. The van der Waals surface area contributed by atoms with Crippen LogP contribution in [0.1, 0.15) is 42.0 Å². The lowest BCUT2D eigenvalue weighted by Gasteiger charge is -2.27. The summed E-state index contributed by atoms with van der Waals surface area (Å²) in [6, 6.07) is -0.812. The van der Waals surface area contributed by atoms with E-state index in [4.69, 9.17) is 0 Å². The van der Waals surface area contributed by atoms with E-state index in [1.54, 1.807) is 0 Å². The molecule has 1 saturated heterocycles. The Balaban J connectivity index is 0.00000242. The lowest BCUT2D eigenvalue weighted by molar-refractivity contribution is -0.144. The molecule has 1 aliphatic heterocycles. The summed E-state index contributed by atoms with van der Waals surface area (Å²) in [4.78, 5) is 0. The second-order valence-electron chi connectivity index (χ2n) is 4.92. The molecule has 1 fully saturated rings. The Labute approximate surface area is 128 Å². The van der Waals surface area contributed by atoms with E-state index >= 15 is 0 Å². The van der Waals surface area contributed by atoms with Crippen molar-refractivity contribution < 1.29 is 30.7 Å². The van der Waals surface area contributed by atoms with Gasteiger partial charge in [-0.05, 0) is 31.5 Å². The minimum absolute atomic E-state index is 0. The SMILES string of the molecule is Cl.Fc1cc(C(F)(F)F)cc(C(F)(F)F)c1[C@H]1CCCCN1. The Bertz CT molecular complexity index is 518. The molecule has 0 saturated carbocycles. The Hall–Kier alpha value is -1.02. The van der Waals surface area contributed by atoms with Crippen LogP contribution in [0.3, 0.4) is 0 Å². The van der Waals surface area contributed by atoms with Gasteiger partial charge in [0, 0.05) is 11.6 Å².